The van der Waals surface area contributed by atoms with Crippen molar-refractivity contribution in [3.8, 4) is 6.07 Å². The summed E-state index contributed by atoms with van der Waals surface area (Å²) in [5, 5.41) is 12.5. The minimum atomic E-state index is 0.103. The summed E-state index contributed by atoms with van der Waals surface area (Å²) in [6, 6.07) is 14.3. The van der Waals surface area contributed by atoms with E-state index in [1.165, 1.54) is 11.1 Å². The number of ether oxygens (including phenoxy) is 1. The number of anilines is 1. The molecule has 4 nitrogen and oxygen atoms in total. The predicted octanol–water partition coefficient (Wildman–Crippen LogP) is 3.84. The lowest BCUT2D eigenvalue weighted by molar-refractivity contribution is -0.0238. The van der Waals surface area contributed by atoms with Crippen molar-refractivity contribution in [1.82, 2.24) is 4.98 Å². The van der Waals surface area contributed by atoms with Crippen LogP contribution in [-0.2, 0) is 4.74 Å². The van der Waals surface area contributed by atoms with Crippen LogP contribution in [0, 0.1) is 24.2 Å². The Balaban J connectivity index is 1.72. The predicted molar refractivity (Wildman–Crippen MR) is 90.0 cm³/mol. The number of nitriles is 1. The van der Waals surface area contributed by atoms with Crippen molar-refractivity contribution in [3.05, 3.63) is 59.3 Å². The molecule has 0 amide bonds. The smallest absolute Gasteiger partial charge is 0.143 e. The summed E-state index contributed by atoms with van der Waals surface area (Å²) >= 11 is 0. The van der Waals surface area contributed by atoms with E-state index in [4.69, 9.17) is 10.00 Å². The second kappa shape index (κ2) is 7.26. The average Bonchev–Trinajstić information content (AvgIpc) is 2.61. The van der Waals surface area contributed by atoms with Crippen molar-refractivity contribution >= 4 is 5.82 Å². The summed E-state index contributed by atoms with van der Waals surface area (Å²) in [5.74, 6) is 1.03. The monoisotopic (exact) mass is 307 g/mol. The van der Waals surface area contributed by atoms with Crippen molar-refractivity contribution in [2.45, 2.75) is 25.9 Å². The van der Waals surface area contributed by atoms with E-state index in [1.807, 2.05) is 0 Å². The van der Waals surface area contributed by atoms with E-state index in [-0.39, 0.29) is 6.10 Å². The first-order chi connectivity index (χ1) is 11.3. The summed E-state index contributed by atoms with van der Waals surface area (Å²) in [5.41, 5.74) is 3.06. The van der Waals surface area contributed by atoms with Crippen molar-refractivity contribution in [3.63, 3.8) is 0 Å². The first-order valence-electron chi connectivity index (χ1n) is 8.05. The number of aryl methyl sites for hydroxylation is 1. The van der Waals surface area contributed by atoms with Crippen LogP contribution < -0.4 is 5.32 Å². The van der Waals surface area contributed by atoms with Crippen LogP contribution in [0.5, 0.6) is 0 Å². The second-order valence-corrected chi connectivity index (χ2v) is 6.00. The molecule has 1 fully saturated rings. The van der Waals surface area contributed by atoms with Gasteiger partial charge in [0.05, 0.1) is 11.7 Å². The molecule has 2 aromatic rings. The van der Waals surface area contributed by atoms with E-state index in [1.54, 1.807) is 18.3 Å². The average molecular weight is 307 g/mol. The van der Waals surface area contributed by atoms with Gasteiger partial charge < -0.3 is 10.1 Å². The summed E-state index contributed by atoms with van der Waals surface area (Å²) in [7, 11) is 0. The molecule has 118 valence electrons. The van der Waals surface area contributed by atoms with Crippen molar-refractivity contribution in [2.75, 3.05) is 18.5 Å². The molecule has 0 saturated carbocycles. The first-order valence-corrected chi connectivity index (χ1v) is 8.05. The number of aromatic nitrogens is 1. The molecule has 23 heavy (non-hydrogen) atoms. The van der Waals surface area contributed by atoms with Crippen LogP contribution in [0.4, 0.5) is 5.82 Å². The highest BCUT2D eigenvalue weighted by Crippen LogP contribution is 2.34. The molecule has 1 aromatic carbocycles. The summed E-state index contributed by atoms with van der Waals surface area (Å²) < 4.78 is 6.04. The lowest BCUT2D eigenvalue weighted by atomic mass is 9.89. The van der Waals surface area contributed by atoms with Gasteiger partial charge in [-0.25, -0.2) is 4.98 Å². The third kappa shape index (κ3) is 3.69. The van der Waals surface area contributed by atoms with Crippen LogP contribution in [0.25, 0.3) is 0 Å². The van der Waals surface area contributed by atoms with E-state index in [0.717, 1.165) is 26.0 Å². The van der Waals surface area contributed by atoms with Crippen LogP contribution in [0.15, 0.2) is 42.6 Å². The van der Waals surface area contributed by atoms with Gasteiger partial charge in [0.2, 0.25) is 0 Å². The highest BCUT2D eigenvalue weighted by molar-refractivity contribution is 5.51. The van der Waals surface area contributed by atoms with Crippen LogP contribution in [0.3, 0.4) is 0 Å². The number of nitrogens with zero attached hydrogens (tertiary/aromatic N) is 2. The number of pyridine rings is 1. The van der Waals surface area contributed by atoms with E-state index >= 15 is 0 Å². The molecule has 0 spiro atoms. The number of benzene rings is 1. The van der Waals surface area contributed by atoms with Gasteiger partial charge in [0.25, 0.3) is 0 Å². The van der Waals surface area contributed by atoms with Crippen LogP contribution >= 0.6 is 0 Å². The highest BCUT2D eigenvalue weighted by Gasteiger charge is 2.27. The van der Waals surface area contributed by atoms with Gasteiger partial charge in [-0.3, -0.25) is 0 Å². The molecule has 1 saturated heterocycles. The maximum absolute atomic E-state index is 9.16. The molecule has 3 rings (SSSR count). The highest BCUT2D eigenvalue weighted by atomic mass is 16.5. The van der Waals surface area contributed by atoms with E-state index in [9.17, 15) is 0 Å². The van der Waals surface area contributed by atoms with Gasteiger partial charge in [-0.15, -0.1) is 0 Å². The Morgan fingerprint density at radius 3 is 2.91 bits per heavy atom. The van der Waals surface area contributed by atoms with Gasteiger partial charge in [0.1, 0.15) is 11.9 Å². The molecular formula is C19H21N3O. The van der Waals surface area contributed by atoms with E-state index < -0.39 is 0 Å². The Hall–Kier alpha value is -2.38. The first kappa shape index (κ1) is 15.5. The number of hydrogen-bond acceptors (Lipinski definition) is 4. The second-order valence-electron chi connectivity index (χ2n) is 6.00. The fourth-order valence-electron chi connectivity index (χ4n) is 3.04. The molecular weight excluding hydrogens is 286 g/mol. The van der Waals surface area contributed by atoms with Crippen LogP contribution in [0.2, 0.25) is 0 Å². The minimum Gasteiger partial charge on any atom is -0.373 e. The number of hydrogen-bond donors (Lipinski definition) is 1. The zero-order valence-electron chi connectivity index (χ0n) is 13.3. The van der Waals surface area contributed by atoms with Crippen molar-refractivity contribution in [1.29, 1.82) is 5.26 Å². The van der Waals surface area contributed by atoms with E-state index in [2.05, 4.69) is 47.6 Å². The maximum Gasteiger partial charge on any atom is 0.143 e. The molecule has 2 heterocycles. The number of rotatable bonds is 4. The van der Waals surface area contributed by atoms with Gasteiger partial charge in [-0.2, -0.15) is 5.26 Å². The largest absolute Gasteiger partial charge is 0.373 e. The molecule has 0 aliphatic carbocycles. The third-order valence-electron chi connectivity index (χ3n) is 4.31. The Morgan fingerprint density at radius 1 is 1.30 bits per heavy atom. The van der Waals surface area contributed by atoms with Gasteiger partial charge in [-0.05, 0) is 37.5 Å². The number of nitrogens with one attached hydrogen (secondary N) is 1. The van der Waals surface area contributed by atoms with Gasteiger partial charge in [0, 0.05) is 25.3 Å². The fraction of sp³-hybridized carbons (Fsp3) is 0.368. The molecule has 1 aliphatic heterocycles. The Labute approximate surface area is 137 Å². The molecule has 1 aliphatic rings. The molecule has 4 heteroatoms. The molecule has 1 N–H and O–H groups in total. The molecule has 0 radical (unpaired) electrons. The maximum atomic E-state index is 9.16. The molecule has 1 aromatic heterocycles. The SMILES string of the molecule is Cc1ccc(C2OCCCC2CNc2ncccc2C#N)cc1. The summed E-state index contributed by atoms with van der Waals surface area (Å²) in [6.45, 7) is 3.65. The zero-order valence-corrected chi connectivity index (χ0v) is 13.3. The van der Waals surface area contributed by atoms with Crippen LogP contribution in [-0.4, -0.2) is 18.1 Å². The Bertz CT molecular complexity index is 691. The quantitative estimate of drug-likeness (QED) is 0.932. The minimum absolute atomic E-state index is 0.103. The van der Waals surface area contributed by atoms with Crippen LogP contribution in [0.1, 0.15) is 35.6 Å². The Kier molecular flexibility index (Phi) is 4.89. The van der Waals surface area contributed by atoms with Gasteiger partial charge in [0.15, 0.2) is 0 Å². The lowest BCUT2D eigenvalue weighted by Crippen LogP contribution is -2.28. The lowest BCUT2D eigenvalue weighted by Gasteiger charge is -2.32. The normalized spacial score (nSPS) is 20.7. The standard InChI is InChI=1S/C19H21N3O/c1-14-6-8-15(9-7-14)18-17(5-3-11-23-18)13-22-19-16(12-20)4-2-10-21-19/h2,4,6-10,17-18H,3,5,11,13H2,1H3,(H,21,22). The van der Waals surface area contributed by atoms with E-state index in [0.29, 0.717) is 17.3 Å². The topological polar surface area (TPSA) is 57.9 Å². The van der Waals surface area contributed by atoms with Gasteiger partial charge in [-0.1, -0.05) is 29.8 Å². The summed E-state index contributed by atoms with van der Waals surface area (Å²) in [4.78, 5) is 4.27. The molecule has 0 bridgehead atoms. The van der Waals surface area contributed by atoms with Crippen molar-refractivity contribution in [2.24, 2.45) is 5.92 Å². The third-order valence-corrected chi connectivity index (χ3v) is 4.31. The molecule has 2 unspecified atom stereocenters. The zero-order chi connectivity index (χ0) is 16.1. The summed E-state index contributed by atoms with van der Waals surface area (Å²) in [6.07, 6.45) is 3.99. The molecule has 2 atom stereocenters. The van der Waals surface area contributed by atoms with Crippen molar-refractivity contribution < 1.29 is 4.74 Å². The fourth-order valence-corrected chi connectivity index (χ4v) is 3.04. The Morgan fingerprint density at radius 2 is 2.13 bits per heavy atom. The van der Waals surface area contributed by atoms with Gasteiger partial charge >= 0.3 is 0 Å².